The highest BCUT2D eigenvalue weighted by atomic mass is 35.5. The van der Waals surface area contributed by atoms with Gasteiger partial charge in [0.15, 0.2) is 0 Å². The van der Waals surface area contributed by atoms with Crippen LogP contribution in [0.25, 0.3) is 0 Å². The van der Waals surface area contributed by atoms with Crippen LogP contribution in [0.5, 0.6) is 5.75 Å². The van der Waals surface area contributed by atoms with Crippen LogP contribution in [0.1, 0.15) is 21.5 Å². The fourth-order valence-electron chi connectivity index (χ4n) is 2.59. The summed E-state index contributed by atoms with van der Waals surface area (Å²) in [4.78, 5) is 12.0. The molecule has 1 amide bonds. The standard InChI is InChI=1S/C18H18Cl2N2O2/c19-15-3-2-14(10-16(15)20)18(23)22-7-6-21-11-12-1-4-17-13(9-12)5-8-24-17/h1-4,9-10,21H,5-8,11H2,(H,22,23). The first kappa shape index (κ1) is 17.1. The normalized spacial score (nSPS) is 12.6. The maximum absolute atomic E-state index is 12.0. The van der Waals surface area contributed by atoms with Gasteiger partial charge < -0.3 is 15.4 Å². The van der Waals surface area contributed by atoms with E-state index in [-0.39, 0.29) is 5.91 Å². The van der Waals surface area contributed by atoms with Gasteiger partial charge in [-0.1, -0.05) is 35.3 Å². The summed E-state index contributed by atoms with van der Waals surface area (Å²) in [6, 6.07) is 11.1. The highest BCUT2D eigenvalue weighted by Gasteiger charge is 2.11. The van der Waals surface area contributed by atoms with E-state index >= 15 is 0 Å². The average molecular weight is 365 g/mol. The fraction of sp³-hybridized carbons (Fsp3) is 0.278. The minimum atomic E-state index is -0.162. The van der Waals surface area contributed by atoms with Gasteiger partial charge in [-0.25, -0.2) is 0 Å². The molecule has 0 atom stereocenters. The van der Waals surface area contributed by atoms with E-state index in [9.17, 15) is 4.79 Å². The van der Waals surface area contributed by atoms with Crippen molar-refractivity contribution in [3.8, 4) is 5.75 Å². The van der Waals surface area contributed by atoms with Crippen LogP contribution in [0.2, 0.25) is 10.0 Å². The van der Waals surface area contributed by atoms with Crippen molar-refractivity contribution in [2.24, 2.45) is 0 Å². The molecule has 4 nitrogen and oxygen atoms in total. The smallest absolute Gasteiger partial charge is 0.251 e. The molecule has 2 aromatic carbocycles. The summed E-state index contributed by atoms with van der Waals surface area (Å²) in [6.45, 7) is 2.75. The fourth-order valence-corrected chi connectivity index (χ4v) is 2.88. The number of rotatable bonds is 6. The Balaban J connectivity index is 1.40. The second-order valence-corrected chi connectivity index (χ2v) is 6.42. The van der Waals surface area contributed by atoms with Gasteiger partial charge >= 0.3 is 0 Å². The number of nitrogens with one attached hydrogen (secondary N) is 2. The highest BCUT2D eigenvalue weighted by Crippen LogP contribution is 2.25. The third-order valence-electron chi connectivity index (χ3n) is 3.85. The van der Waals surface area contributed by atoms with Crippen LogP contribution in [0.15, 0.2) is 36.4 Å². The van der Waals surface area contributed by atoms with Crippen LogP contribution in [0.3, 0.4) is 0 Å². The van der Waals surface area contributed by atoms with E-state index in [1.165, 1.54) is 11.1 Å². The zero-order valence-electron chi connectivity index (χ0n) is 13.1. The molecule has 126 valence electrons. The van der Waals surface area contributed by atoms with Crippen molar-refractivity contribution in [3.63, 3.8) is 0 Å². The molecule has 1 heterocycles. The van der Waals surface area contributed by atoms with E-state index in [1.807, 2.05) is 6.07 Å². The summed E-state index contributed by atoms with van der Waals surface area (Å²) >= 11 is 11.8. The average Bonchev–Trinajstić information content (AvgIpc) is 3.04. The molecule has 0 fully saturated rings. The molecule has 0 radical (unpaired) electrons. The van der Waals surface area contributed by atoms with Crippen molar-refractivity contribution < 1.29 is 9.53 Å². The monoisotopic (exact) mass is 364 g/mol. The SMILES string of the molecule is O=C(NCCNCc1ccc2c(c1)CCO2)c1ccc(Cl)c(Cl)c1. The molecule has 1 aliphatic rings. The highest BCUT2D eigenvalue weighted by molar-refractivity contribution is 6.42. The molecule has 0 saturated heterocycles. The van der Waals surface area contributed by atoms with Gasteiger partial charge in [-0.05, 0) is 35.4 Å². The summed E-state index contributed by atoms with van der Waals surface area (Å²) in [5, 5.41) is 6.99. The molecule has 3 rings (SSSR count). The topological polar surface area (TPSA) is 50.4 Å². The van der Waals surface area contributed by atoms with Gasteiger partial charge in [0.25, 0.3) is 5.91 Å². The molecule has 24 heavy (non-hydrogen) atoms. The lowest BCUT2D eigenvalue weighted by atomic mass is 10.1. The maximum atomic E-state index is 12.0. The van der Waals surface area contributed by atoms with Gasteiger partial charge in [-0.2, -0.15) is 0 Å². The Morgan fingerprint density at radius 3 is 2.79 bits per heavy atom. The molecule has 2 N–H and O–H groups in total. The number of hydrogen-bond donors (Lipinski definition) is 2. The first-order chi connectivity index (χ1) is 11.6. The van der Waals surface area contributed by atoms with Crippen LogP contribution < -0.4 is 15.4 Å². The molecule has 0 bridgehead atoms. The molecule has 0 unspecified atom stereocenters. The Kier molecular flexibility index (Phi) is 5.61. The molecule has 1 aliphatic heterocycles. The molecule has 2 aromatic rings. The molecule has 0 aliphatic carbocycles. The van der Waals surface area contributed by atoms with E-state index in [0.29, 0.717) is 28.7 Å². The Bertz CT molecular complexity index is 750. The Morgan fingerprint density at radius 1 is 1.08 bits per heavy atom. The Hall–Kier alpha value is -1.75. The second-order valence-electron chi connectivity index (χ2n) is 5.60. The maximum Gasteiger partial charge on any atom is 0.251 e. The summed E-state index contributed by atoms with van der Waals surface area (Å²) in [5.41, 5.74) is 2.99. The summed E-state index contributed by atoms with van der Waals surface area (Å²) < 4.78 is 5.50. The van der Waals surface area contributed by atoms with Crippen molar-refractivity contribution in [2.45, 2.75) is 13.0 Å². The zero-order chi connectivity index (χ0) is 16.9. The van der Waals surface area contributed by atoms with Gasteiger partial charge in [0, 0.05) is 31.6 Å². The first-order valence-electron chi connectivity index (χ1n) is 7.82. The summed E-state index contributed by atoms with van der Waals surface area (Å²) in [6.07, 6.45) is 0.975. The van der Waals surface area contributed by atoms with Gasteiger partial charge in [0.1, 0.15) is 5.75 Å². The number of hydrogen-bond acceptors (Lipinski definition) is 3. The quantitative estimate of drug-likeness (QED) is 0.771. The van der Waals surface area contributed by atoms with Gasteiger partial charge in [-0.3, -0.25) is 4.79 Å². The Labute approximate surface area is 151 Å². The van der Waals surface area contributed by atoms with Crippen LogP contribution >= 0.6 is 23.2 Å². The lowest BCUT2D eigenvalue weighted by Gasteiger charge is -2.08. The predicted octanol–water partition coefficient (Wildman–Crippen LogP) is 3.45. The number of benzene rings is 2. The number of carbonyl (C=O) groups is 1. The molecule has 0 spiro atoms. The van der Waals surface area contributed by atoms with Gasteiger partial charge in [0.05, 0.1) is 16.7 Å². The summed E-state index contributed by atoms with van der Waals surface area (Å²) in [7, 11) is 0. The van der Waals surface area contributed by atoms with Crippen molar-refractivity contribution in [3.05, 3.63) is 63.1 Å². The lowest BCUT2D eigenvalue weighted by molar-refractivity contribution is 0.0954. The molecular weight excluding hydrogens is 347 g/mol. The van der Waals surface area contributed by atoms with Crippen molar-refractivity contribution in [2.75, 3.05) is 19.7 Å². The summed E-state index contributed by atoms with van der Waals surface area (Å²) in [5.74, 6) is 0.831. The van der Waals surface area contributed by atoms with Gasteiger partial charge in [0.2, 0.25) is 0 Å². The van der Waals surface area contributed by atoms with E-state index in [4.69, 9.17) is 27.9 Å². The third-order valence-corrected chi connectivity index (χ3v) is 4.59. The minimum Gasteiger partial charge on any atom is -0.493 e. The van der Waals surface area contributed by atoms with Crippen molar-refractivity contribution >= 4 is 29.1 Å². The van der Waals surface area contributed by atoms with Crippen LogP contribution in [-0.4, -0.2) is 25.6 Å². The van der Waals surface area contributed by atoms with E-state index in [2.05, 4.69) is 22.8 Å². The minimum absolute atomic E-state index is 0.162. The number of halogens is 2. The molecular formula is C18H18Cl2N2O2. The zero-order valence-corrected chi connectivity index (χ0v) is 14.6. The Morgan fingerprint density at radius 2 is 1.96 bits per heavy atom. The first-order valence-corrected chi connectivity index (χ1v) is 8.57. The van der Waals surface area contributed by atoms with E-state index in [1.54, 1.807) is 18.2 Å². The third kappa shape index (κ3) is 4.20. The largest absolute Gasteiger partial charge is 0.493 e. The predicted molar refractivity (Wildman–Crippen MR) is 96.1 cm³/mol. The van der Waals surface area contributed by atoms with E-state index in [0.717, 1.165) is 25.3 Å². The number of carbonyl (C=O) groups excluding carboxylic acids is 1. The van der Waals surface area contributed by atoms with E-state index < -0.39 is 0 Å². The number of fused-ring (bicyclic) bond motifs is 1. The van der Waals surface area contributed by atoms with Crippen molar-refractivity contribution in [1.82, 2.24) is 10.6 Å². The van der Waals surface area contributed by atoms with Crippen LogP contribution in [0, 0.1) is 0 Å². The molecule has 6 heteroatoms. The van der Waals surface area contributed by atoms with Crippen molar-refractivity contribution in [1.29, 1.82) is 0 Å². The molecule has 0 saturated carbocycles. The van der Waals surface area contributed by atoms with Crippen LogP contribution in [0.4, 0.5) is 0 Å². The number of ether oxygens (including phenoxy) is 1. The lowest BCUT2D eigenvalue weighted by Crippen LogP contribution is -2.31. The van der Waals surface area contributed by atoms with Gasteiger partial charge in [-0.15, -0.1) is 0 Å². The number of amides is 1. The molecule has 0 aromatic heterocycles. The second kappa shape index (κ2) is 7.88. The van der Waals surface area contributed by atoms with Crippen LogP contribution in [-0.2, 0) is 13.0 Å².